The Hall–Kier alpha value is -2.11. The van der Waals surface area contributed by atoms with Crippen molar-refractivity contribution in [2.75, 3.05) is 19.6 Å². The van der Waals surface area contributed by atoms with Crippen molar-refractivity contribution in [2.24, 2.45) is 11.8 Å². The summed E-state index contributed by atoms with van der Waals surface area (Å²) in [4.78, 5) is 14.1. The fourth-order valence-corrected chi connectivity index (χ4v) is 6.24. The van der Waals surface area contributed by atoms with Crippen LogP contribution in [0.15, 0.2) is 72.8 Å². The molecule has 36 heavy (non-hydrogen) atoms. The zero-order valence-electron chi connectivity index (χ0n) is 20.9. The molecule has 1 aliphatic carbocycles. The van der Waals surface area contributed by atoms with Crippen molar-refractivity contribution < 1.29 is 9.90 Å². The Labute approximate surface area is 227 Å². The Morgan fingerprint density at radius 2 is 1.58 bits per heavy atom. The number of nitrogens with zero attached hydrogens (tertiary/aromatic N) is 1. The number of hydrogen-bond donors (Lipinski definition) is 2. The van der Waals surface area contributed by atoms with Gasteiger partial charge in [0.05, 0.1) is 5.92 Å². The first-order chi connectivity index (χ1) is 16.6. The van der Waals surface area contributed by atoms with Crippen LogP contribution in [0.4, 0.5) is 0 Å². The van der Waals surface area contributed by atoms with Crippen LogP contribution >= 0.6 is 24.8 Å². The normalized spacial score (nSPS) is 25.0. The highest BCUT2D eigenvalue weighted by molar-refractivity contribution is 5.86. The molecule has 1 saturated carbocycles. The van der Waals surface area contributed by atoms with E-state index in [1.807, 2.05) is 0 Å². The lowest BCUT2D eigenvalue weighted by atomic mass is 9.85. The molecule has 6 heteroatoms. The lowest BCUT2D eigenvalue weighted by molar-refractivity contribution is -0.143. The number of carbonyl (C=O) groups is 1. The number of halogens is 2. The number of rotatable bonds is 7. The smallest absolute Gasteiger partial charge is 0.306 e. The maximum absolute atomic E-state index is 11.4. The summed E-state index contributed by atoms with van der Waals surface area (Å²) in [5.41, 5.74) is 2.78. The Kier molecular flexibility index (Phi) is 10.2. The van der Waals surface area contributed by atoms with Gasteiger partial charge in [0, 0.05) is 37.6 Å². The van der Waals surface area contributed by atoms with Crippen molar-refractivity contribution in [1.29, 1.82) is 0 Å². The van der Waals surface area contributed by atoms with Crippen LogP contribution in [-0.2, 0) is 4.79 Å². The van der Waals surface area contributed by atoms with Crippen LogP contribution in [0.25, 0.3) is 10.8 Å². The molecule has 0 aromatic heterocycles. The van der Waals surface area contributed by atoms with E-state index >= 15 is 0 Å². The number of carboxylic acids is 1. The fraction of sp³-hybridized carbons (Fsp3) is 0.433. The van der Waals surface area contributed by atoms with Crippen LogP contribution in [0.2, 0.25) is 0 Å². The number of fused-ring (bicyclic) bond motifs is 1. The average Bonchev–Trinajstić information content (AvgIpc) is 3.32. The minimum absolute atomic E-state index is 0. The second kappa shape index (κ2) is 12.9. The molecule has 5 rings (SSSR count). The van der Waals surface area contributed by atoms with Gasteiger partial charge in [0.15, 0.2) is 0 Å². The van der Waals surface area contributed by atoms with Gasteiger partial charge >= 0.3 is 5.97 Å². The summed E-state index contributed by atoms with van der Waals surface area (Å²) in [6, 6.07) is 27.0. The van der Waals surface area contributed by atoms with E-state index in [0.29, 0.717) is 17.9 Å². The highest BCUT2D eigenvalue weighted by atomic mass is 35.5. The number of hydrogen-bond acceptors (Lipinski definition) is 3. The topological polar surface area (TPSA) is 52.6 Å². The van der Waals surface area contributed by atoms with E-state index < -0.39 is 5.97 Å². The molecule has 0 bridgehead atoms. The molecule has 3 aromatic carbocycles. The number of likely N-dealkylation sites (tertiary alicyclic amines) is 1. The van der Waals surface area contributed by atoms with Gasteiger partial charge in [-0.05, 0) is 60.4 Å². The molecule has 1 aliphatic heterocycles. The van der Waals surface area contributed by atoms with Gasteiger partial charge in [-0.25, -0.2) is 0 Å². The molecule has 1 saturated heterocycles. The molecule has 3 atom stereocenters. The summed E-state index contributed by atoms with van der Waals surface area (Å²) in [7, 11) is 0. The van der Waals surface area contributed by atoms with E-state index in [-0.39, 0.29) is 36.8 Å². The molecule has 2 fully saturated rings. The lowest BCUT2D eigenvalue weighted by Crippen LogP contribution is -2.38. The quantitative estimate of drug-likeness (QED) is 0.358. The Morgan fingerprint density at radius 3 is 2.31 bits per heavy atom. The number of aliphatic carboxylic acids is 1. The van der Waals surface area contributed by atoms with Gasteiger partial charge in [-0.2, -0.15) is 0 Å². The van der Waals surface area contributed by atoms with Crippen molar-refractivity contribution in [2.45, 2.75) is 50.6 Å². The largest absolute Gasteiger partial charge is 0.481 e. The van der Waals surface area contributed by atoms with Crippen molar-refractivity contribution in [1.82, 2.24) is 10.2 Å². The van der Waals surface area contributed by atoms with Gasteiger partial charge in [0.1, 0.15) is 0 Å². The molecule has 0 unspecified atom stereocenters. The van der Waals surface area contributed by atoms with Gasteiger partial charge < -0.3 is 10.4 Å². The third-order valence-electron chi connectivity index (χ3n) is 8.24. The monoisotopic (exact) mass is 528 g/mol. The summed E-state index contributed by atoms with van der Waals surface area (Å²) in [6.07, 6.45) is 3.64. The molecule has 1 heterocycles. The average molecular weight is 530 g/mol. The third-order valence-corrected chi connectivity index (χ3v) is 8.24. The van der Waals surface area contributed by atoms with Crippen molar-refractivity contribution >= 4 is 41.6 Å². The third kappa shape index (κ3) is 6.23. The molecule has 4 nitrogen and oxygen atoms in total. The summed E-state index contributed by atoms with van der Waals surface area (Å²) in [5.74, 6) is 0.275. The molecular weight excluding hydrogens is 491 g/mol. The number of nitrogens with one attached hydrogen (secondary N) is 1. The van der Waals surface area contributed by atoms with Crippen LogP contribution in [0.3, 0.4) is 0 Å². The first kappa shape index (κ1) is 28.5. The minimum atomic E-state index is -0.619. The van der Waals surface area contributed by atoms with Crippen LogP contribution in [0.1, 0.15) is 55.7 Å². The standard InChI is InChI=1S/C30H36N2O2.2ClH/c1-21(27-13-7-11-22-10-5-6-12-28(22)27)31-18-25-19-32(20-29(25)23-8-3-2-4-9-23)26-16-14-24(15-17-26)30(33)34;;/h2-13,21,24-26,29,31H,14-20H2,1H3,(H,33,34);2*1H/t21-,24?,25+,26?,29-;;/m1../s1. The van der Waals surface area contributed by atoms with E-state index in [1.165, 1.54) is 21.9 Å². The zero-order chi connectivity index (χ0) is 23.5. The van der Waals surface area contributed by atoms with Gasteiger partial charge in [-0.1, -0.05) is 72.8 Å². The molecule has 2 N–H and O–H groups in total. The lowest BCUT2D eigenvalue weighted by Gasteiger charge is -2.33. The van der Waals surface area contributed by atoms with E-state index in [4.69, 9.17) is 0 Å². The summed E-state index contributed by atoms with van der Waals surface area (Å²) in [5, 5.41) is 15.9. The maximum Gasteiger partial charge on any atom is 0.306 e. The number of benzene rings is 3. The van der Waals surface area contributed by atoms with E-state index in [9.17, 15) is 9.90 Å². The van der Waals surface area contributed by atoms with Gasteiger partial charge in [-0.3, -0.25) is 9.69 Å². The Morgan fingerprint density at radius 1 is 0.917 bits per heavy atom. The first-order valence-electron chi connectivity index (χ1n) is 12.8. The molecule has 0 amide bonds. The SMILES string of the molecule is C[C@@H](NC[C@H]1CN(C2CCC(C(=O)O)CC2)C[C@@H]1c1ccccc1)c1cccc2ccccc12.Cl.Cl. The van der Waals surface area contributed by atoms with Crippen LogP contribution in [-0.4, -0.2) is 41.7 Å². The highest BCUT2D eigenvalue weighted by Gasteiger charge is 2.38. The molecule has 0 spiro atoms. The zero-order valence-corrected chi connectivity index (χ0v) is 22.5. The van der Waals surface area contributed by atoms with Crippen molar-refractivity contribution in [3.8, 4) is 0 Å². The van der Waals surface area contributed by atoms with E-state index in [0.717, 1.165) is 45.3 Å². The second-order valence-corrected chi connectivity index (χ2v) is 10.3. The van der Waals surface area contributed by atoms with Crippen molar-refractivity contribution in [3.63, 3.8) is 0 Å². The second-order valence-electron chi connectivity index (χ2n) is 10.3. The first-order valence-corrected chi connectivity index (χ1v) is 12.8. The van der Waals surface area contributed by atoms with Crippen LogP contribution in [0.5, 0.6) is 0 Å². The molecule has 3 aromatic rings. The Bertz CT molecular complexity index is 1110. The van der Waals surface area contributed by atoms with E-state index in [1.54, 1.807) is 0 Å². The molecule has 0 radical (unpaired) electrons. The van der Waals surface area contributed by atoms with Crippen LogP contribution < -0.4 is 5.32 Å². The maximum atomic E-state index is 11.4. The summed E-state index contributed by atoms with van der Waals surface area (Å²) in [6.45, 7) is 5.41. The predicted molar refractivity (Wildman–Crippen MR) is 152 cm³/mol. The molecular formula is C30H38Cl2N2O2. The fourth-order valence-electron chi connectivity index (χ4n) is 6.24. The Balaban J connectivity index is 0.00000180. The van der Waals surface area contributed by atoms with Gasteiger partial charge in [-0.15, -0.1) is 24.8 Å². The van der Waals surface area contributed by atoms with Gasteiger partial charge in [0.25, 0.3) is 0 Å². The minimum Gasteiger partial charge on any atom is -0.481 e. The molecule has 2 aliphatic rings. The van der Waals surface area contributed by atoms with Crippen LogP contribution in [0, 0.1) is 11.8 Å². The van der Waals surface area contributed by atoms with Crippen molar-refractivity contribution in [3.05, 3.63) is 83.9 Å². The summed E-state index contributed by atoms with van der Waals surface area (Å²) < 4.78 is 0. The predicted octanol–water partition coefficient (Wildman–Crippen LogP) is 6.69. The highest BCUT2D eigenvalue weighted by Crippen LogP contribution is 2.38. The van der Waals surface area contributed by atoms with Gasteiger partial charge in [0.2, 0.25) is 0 Å². The van der Waals surface area contributed by atoms with E-state index in [2.05, 4.69) is 89.9 Å². The summed E-state index contributed by atoms with van der Waals surface area (Å²) >= 11 is 0. The number of carboxylic acid groups (broad SMARTS) is 1. The molecule has 194 valence electrons.